The highest BCUT2D eigenvalue weighted by Gasteiger charge is 2.24. The van der Waals surface area contributed by atoms with E-state index in [0.717, 1.165) is 11.7 Å². The van der Waals surface area contributed by atoms with E-state index >= 15 is 0 Å². The number of hydrogen-bond donors (Lipinski definition) is 1. The van der Waals surface area contributed by atoms with E-state index in [0.29, 0.717) is 12.6 Å². The van der Waals surface area contributed by atoms with E-state index in [2.05, 4.69) is 16.4 Å². The first kappa shape index (κ1) is 13.3. The third-order valence-corrected chi connectivity index (χ3v) is 3.84. The summed E-state index contributed by atoms with van der Waals surface area (Å²) in [6.45, 7) is 2.70. The topological polar surface area (TPSA) is 34.1 Å². The predicted octanol–water partition coefficient (Wildman–Crippen LogP) is 3.32. The number of nitrogens with zero attached hydrogens (tertiary/aromatic N) is 1. The Kier molecular flexibility index (Phi) is 5.00. The van der Waals surface area contributed by atoms with Gasteiger partial charge in [0.1, 0.15) is 5.75 Å². The second kappa shape index (κ2) is 6.74. The molecular weight excluding hydrogens is 224 g/mol. The van der Waals surface area contributed by atoms with Crippen molar-refractivity contribution in [2.24, 2.45) is 5.92 Å². The molecule has 3 nitrogen and oxygen atoms in total. The monoisotopic (exact) mass is 248 g/mol. The molecule has 0 bridgehead atoms. The normalized spacial score (nSPS) is 18.6. The molecule has 1 aliphatic rings. The van der Waals surface area contributed by atoms with Gasteiger partial charge in [-0.1, -0.05) is 19.3 Å². The molecule has 1 unspecified atom stereocenters. The van der Waals surface area contributed by atoms with Gasteiger partial charge in [0.2, 0.25) is 0 Å². The summed E-state index contributed by atoms with van der Waals surface area (Å²) in [6.07, 6.45) is 10.5. The molecule has 0 radical (unpaired) electrons. The smallest absolute Gasteiger partial charge is 0.137 e. The average molecular weight is 248 g/mol. The summed E-state index contributed by atoms with van der Waals surface area (Å²) >= 11 is 0. The molecule has 2 rings (SSSR count). The van der Waals surface area contributed by atoms with Crippen LogP contribution < -0.4 is 10.1 Å². The molecule has 0 aromatic carbocycles. The third kappa shape index (κ3) is 3.22. The minimum absolute atomic E-state index is 0.415. The zero-order chi connectivity index (χ0) is 12.8. The molecule has 1 aromatic rings. The van der Waals surface area contributed by atoms with Crippen molar-refractivity contribution in [1.82, 2.24) is 10.3 Å². The highest BCUT2D eigenvalue weighted by molar-refractivity contribution is 5.26. The predicted molar refractivity (Wildman–Crippen MR) is 73.8 cm³/mol. The standard InChI is InChI=1S/C15H24N2O/c1-3-18-14-9-13(10-17-11-14)15(16-2)12-7-5-4-6-8-12/h9-12,15-16H,3-8H2,1-2H3. The summed E-state index contributed by atoms with van der Waals surface area (Å²) in [5.74, 6) is 1.62. The van der Waals surface area contributed by atoms with Crippen molar-refractivity contribution in [2.45, 2.75) is 45.1 Å². The van der Waals surface area contributed by atoms with Gasteiger partial charge in [-0.2, -0.15) is 0 Å². The SMILES string of the molecule is CCOc1cncc(C(NC)C2CCCCC2)c1. The van der Waals surface area contributed by atoms with Crippen LogP contribution >= 0.6 is 0 Å². The molecule has 1 saturated carbocycles. The van der Waals surface area contributed by atoms with Gasteiger partial charge in [0, 0.05) is 12.2 Å². The molecule has 1 fully saturated rings. The fraction of sp³-hybridized carbons (Fsp3) is 0.667. The van der Waals surface area contributed by atoms with Crippen molar-refractivity contribution in [1.29, 1.82) is 0 Å². The summed E-state index contributed by atoms with van der Waals surface area (Å²) in [7, 11) is 2.05. The van der Waals surface area contributed by atoms with E-state index in [1.807, 2.05) is 20.2 Å². The van der Waals surface area contributed by atoms with Gasteiger partial charge < -0.3 is 10.1 Å². The van der Waals surface area contributed by atoms with E-state index in [1.54, 1.807) is 6.20 Å². The molecule has 0 saturated heterocycles. The van der Waals surface area contributed by atoms with E-state index in [1.165, 1.54) is 37.7 Å². The molecule has 1 atom stereocenters. The number of pyridine rings is 1. The van der Waals surface area contributed by atoms with Gasteiger partial charge in [-0.05, 0) is 44.4 Å². The Morgan fingerprint density at radius 1 is 1.33 bits per heavy atom. The lowest BCUT2D eigenvalue weighted by Crippen LogP contribution is -2.27. The van der Waals surface area contributed by atoms with E-state index < -0.39 is 0 Å². The van der Waals surface area contributed by atoms with Crippen LogP contribution in [0.3, 0.4) is 0 Å². The van der Waals surface area contributed by atoms with Crippen molar-refractivity contribution in [2.75, 3.05) is 13.7 Å². The second-order valence-corrected chi connectivity index (χ2v) is 5.05. The van der Waals surface area contributed by atoms with Crippen LogP contribution in [0, 0.1) is 5.92 Å². The van der Waals surface area contributed by atoms with Crippen molar-refractivity contribution in [3.05, 3.63) is 24.0 Å². The molecule has 1 N–H and O–H groups in total. The fourth-order valence-electron chi connectivity index (χ4n) is 2.99. The first-order valence-corrected chi connectivity index (χ1v) is 7.10. The van der Waals surface area contributed by atoms with Gasteiger partial charge in [0.15, 0.2) is 0 Å². The first-order chi connectivity index (χ1) is 8.85. The quantitative estimate of drug-likeness (QED) is 0.868. The maximum absolute atomic E-state index is 5.54. The van der Waals surface area contributed by atoms with Gasteiger partial charge in [-0.3, -0.25) is 4.98 Å². The Morgan fingerprint density at radius 3 is 2.78 bits per heavy atom. The van der Waals surface area contributed by atoms with Gasteiger partial charge in [-0.15, -0.1) is 0 Å². The number of hydrogen-bond acceptors (Lipinski definition) is 3. The molecule has 1 aromatic heterocycles. The van der Waals surface area contributed by atoms with Crippen molar-refractivity contribution in [3.63, 3.8) is 0 Å². The number of aromatic nitrogens is 1. The van der Waals surface area contributed by atoms with E-state index in [4.69, 9.17) is 4.74 Å². The van der Waals surface area contributed by atoms with Gasteiger partial charge in [-0.25, -0.2) is 0 Å². The maximum Gasteiger partial charge on any atom is 0.137 e. The van der Waals surface area contributed by atoms with Crippen LogP contribution in [0.25, 0.3) is 0 Å². The molecule has 0 spiro atoms. The highest BCUT2D eigenvalue weighted by Crippen LogP contribution is 2.34. The Hall–Kier alpha value is -1.09. The van der Waals surface area contributed by atoms with Crippen molar-refractivity contribution >= 4 is 0 Å². The Morgan fingerprint density at radius 2 is 2.11 bits per heavy atom. The summed E-state index contributed by atoms with van der Waals surface area (Å²) in [5.41, 5.74) is 1.26. The highest BCUT2D eigenvalue weighted by atomic mass is 16.5. The van der Waals surface area contributed by atoms with Crippen LogP contribution in [0.4, 0.5) is 0 Å². The zero-order valence-corrected chi connectivity index (χ0v) is 11.5. The van der Waals surface area contributed by atoms with Crippen molar-refractivity contribution in [3.8, 4) is 5.75 Å². The number of nitrogens with one attached hydrogen (secondary N) is 1. The molecule has 100 valence electrons. The van der Waals surface area contributed by atoms with Crippen LogP contribution in [0.2, 0.25) is 0 Å². The van der Waals surface area contributed by atoms with Crippen LogP contribution in [0.1, 0.15) is 50.6 Å². The summed E-state index contributed by atoms with van der Waals surface area (Å²) < 4.78 is 5.54. The molecule has 0 aliphatic heterocycles. The average Bonchev–Trinajstić information content (AvgIpc) is 2.42. The lowest BCUT2D eigenvalue weighted by atomic mass is 9.81. The zero-order valence-electron chi connectivity index (χ0n) is 11.5. The van der Waals surface area contributed by atoms with Crippen LogP contribution in [-0.4, -0.2) is 18.6 Å². The van der Waals surface area contributed by atoms with Crippen LogP contribution in [-0.2, 0) is 0 Å². The van der Waals surface area contributed by atoms with Crippen LogP contribution in [0.5, 0.6) is 5.75 Å². The number of rotatable bonds is 5. The maximum atomic E-state index is 5.54. The van der Waals surface area contributed by atoms with Gasteiger partial charge in [0.25, 0.3) is 0 Å². The number of ether oxygens (including phenoxy) is 1. The molecular formula is C15H24N2O. The molecule has 3 heteroatoms. The second-order valence-electron chi connectivity index (χ2n) is 5.05. The third-order valence-electron chi connectivity index (χ3n) is 3.84. The lowest BCUT2D eigenvalue weighted by Gasteiger charge is -2.30. The summed E-state index contributed by atoms with van der Waals surface area (Å²) in [6, 6.07) is 2.55. The minimum atomic E-state index is 0.415. The molecule has 18 heavy (non-hydrogen) atoms. The lowest BCUT2D eigenvalue weighted by molar-refractivity contribution is 0.280. The van der Waals surface area contributed by atoms with Gasteiger partial charge in [0.05, 0.1) is 12.8 Å². The fourth-order valence-corrected chi connectivity index (χ4v) is 2.99. The largest absolute Gasteiger partial charge is 0.492 e. The summed E-state index contributed by atoms with van der Waals surface area (Å²) in [4.78, 5) is 4.30. The molecule has 1 aliphatic carbocycles. The minimum Gasteiger partial charge on any atom is -0.492 e. The molecule has 0 amide bonds. The van der Waals surface area contributed by atoms with Crippen LogP contribution in [0.15, 0.2) is 18.5 Å². The summed E-state index contributed by atoms with van der Waals surface area (Å²) in [5, 5.41) is 3.46. The Balaban J connectivity index is 2.12. The van der Waals surface area contributed by atoms with E-state index in [-0.39, 0.29) is 0 Å². The van der Waals surface area contributed by atoms with E-state index in [9.17, 15) is 0 Å². The Bertz CT molecular complexity index is 361. The van der Waals surface area contributed by atoms with Crippen molar-refractivity contribution < 1.29 is 4.74 Å². The molecule has 1 heterocycles. The van der Waals surface area contributed by atoms with Gasteiger partial charge >= 0.3 is 0 Å². The first-order valence-electron chi connectivity index (χ1n) is 7.10. The Labute approximate surface area is 110 Å².